The van der Waals surface area contributed by atoms with E-state index in [1.165, 1.54) is 12.8 Å². The van der Waals surface area contributed by atoms with Crippen LogP contribution in [0.2, 0.25) is 0 Å². The Morgan fingerprint density at radius 2 is 2.10 bits per heavy atom. The van der Waals surface area contributed by atoms with Crippen molar-refractivity contribution in [3.63, 3.8) is 0 Å². The van der Waals surface area contributed by atoms with Crippen molar-refractivity contribution in [2.24, 2.45) is 5.92 Å². The molecule has 0 heterocycles. The van der Waals surface area contributed by atoms with Crippen molar-refractivity contribution in [1.29, 1.82) is 0 Å². The highest BCUT2D eigenvalue weighted by atomic mass is 16.3. The standard InChI is InChI=1S/C16H24N2O2/c1-12-6-5-9-14(10-12)17-16(20)18-15(11-19)13-7-3-2-4-8-13/h2-4,7-8,12,14-15,19H,5-6,9-11H2,1H3,(H2,17,18,20). The van der Waals surface area contributed by atoms with Crippen LogP contribution in [0.5, 0.6) is 0 Å². The van der Waals surface area contributed by atoms with Gasteiger partial charge in [0.1, 0.15) is 0 Å². The van der Waals surface area contributed by atoms with Crippen LogP contribution in [0.4, 0.5) is 4.79 Å². The fourth-order valence-electron chi connectivity index (χ4n) is 2.87. The molecule has 0 radical (unpaired) electrons. The lowest BCUT2D eigenvalue weighted by Crippen LogP contribution is -2.45. The summed E-state index contributed by atoms with van der Waals surface area (Å²) in [6.07, 6.45) is 4.52. The summed E-state index contributed by atoms with van der Waals surface area (Å²) < 4.78 is 0. The summed E-state index contributed by atoms with van der Waals surface area (Å²) in [6, 6.07) is 9.26. The Kier molecular flexibility index (Phi) is 5.41. The summed E-state index contributed by atoms with van der Waals surface area (Å²) in [4.78, 5) is 12.0. The highest BCUT2D eigenvalue weighted by Gasteiger charge is 2.21. The van der Waals surface area contributed by atoms with Gasteiger partial charge in [0.2, 0.25) is 0 Å². The summed E-state index contributed by atoms with van der Waals surface area (Å²) in [5.41, 5.74) is 0.919. The molecule has 1 aromatic rings. The van der Waals surface area contributed by atoms with E-state index in [1.54, 1.807) is 0 Å². The van der Waals surface area contributed by atoms with E-state index in [0.29, 0.717) is 5.92 Å². The van der Waals surface area contributed by atoms with Crippen molar-refractivity contribution in [3.8, 4) is 0 Å². The molecule has 1 aromatic carbocycles. The Labute approximate surface area is 120 Å². The van der Waals surface area contributed by atoms with Gasteiger partial charge >= 0.3 is 6.03 Å². The summed E-state index contributed by atoms with van der Waals surface area (Å²) in [6.45, 7) is 2.13. The number of hydrogen-bond acceptors (Lipinski definition) is 2. The number of hydrogen-bond donors (Lipinski definition) is 3. The van der Waals surface area contributed by atoms with Gasteiger partial charge in [-0.05, 0) is 24.3 Å². The third-order valence-corrected chi connectivity index (χ3v) is 3.96. The van der Waals surface area contributed by atoms with Crippen molar-refractivity contribution in [3.05, 3.63) is 35.9 Å². The first-order chi connectivity index (χ1) is 9.69. The van der Waals surface area contributed by atoms with Crippen molar-refractivity contribution < 1.29 is 9.90 Å². The van der Waals surface area contributed by atoms with Gasteiger partial charge in [-0.2, -0.15) is 0 Å². The van der Waals surface area contributed by atoms with Crippen LogP contribution in [0.25, 0.3) is 0 Å². The molecule has 1 saturated carbocycles. The Bertz CT molecular complexity index is 422. The minimum atomic E-state index is -0.350. The topological polar surface area (TPSA) is 61.4 Å². The van der Waals surface area contributed by atoms with E-state index in [0.717, 1.165) is 18.4 Å². The fourth-order valence-corrected chi connectivity index (χ4v) is 2.87. The Hall–Kier alpha value is -1.55. The molecule has 4 nitrogen and oxygen atoms in total. The third kappa shape index (κ3) is 4.23. The zero-order valence-corrected chi connectivity index (χ0v) is 12.0. The Balaban J connectivity index is 1.86. The van der Waals surface area contributed by atoms with Crippen LogP contribution in [-0.2, 0) is 0 Å². The summed E-state index contributed by atoms with van der Waals surface area (Å²) in [7, 11) is 0. The van der Waals surface area contributed by atoms with Crippen molar-refractivity contribution in [2.75, 3.05) is 6.61 Å². The van der Waals surface area contributed by atoms with Gasteiger partial charge in [0.05, 0.1) is 12.6 Å². The Morgan fingerprint density at radius 3 is 2.75 bits per heavy atom. The molecule has 2 amide bonds. The molecule has 110 valence electrons. The zero-order valence-electron chi connectivity index (χ0n) is 12.0. The minimum Gasteiger partial charge on any atom is -0.394 e. The number of carbonyl (C=O) groups excluding carboxylic acids is 1. The maximum absolute atomic E-state index is 12.0. The van der Waals surface area contributed by atoms with Gasteiger partial charge < -0.3 is 15.7 Å². The quantitative estimate of drug-likeness (QED) is 0.791. The van der Waals surface area contributed by atoms with Gasteiger partial charge in [-0.15, -0.1) is 0 Å². The third-order valence-electron chi connectivity index (χ3n) is 3.96. The van der Waals surface area contributed by atoms with Crippen molar-refractivity contribution >= 4 is 6.03 Å². The molecule has 3 atom stereocenters. The van der Waals surface area contributed by atoms with E-state index in [2.05, 4.69) is 17.6 Å². The van der Waals surface area contributed by atoms with E-state index >= 15 is 0 Å². The first-order valence-electron chi connectivity index (χ1n) is 7.42. The van der Waals surface area contributed by atoms with E-state index in [-0.39, 0.29) is 24.7 Å². The molecular weight excluding hydrogens is 252 g/mol. The van der Waals surface area contributed by atoms with Crippen LogP contribution >= 0.6 is 0 Å². The van der Waals surface area contributed by atoms with E-state index in [4.69, 9.17) is 0 Å². The number of rotatable bonds is 4. The van der Waals surface area contributed by atoms with Crippen LogP contribution in [0.15, 0.2) is 30.3 Å². The maximum Gasteiger partial charge on any atom is 0.315 e. The lowest BCUT2D eigenvalue weighted by Gasteiger charge is -2.28. The number of benzene rings is 1. The Morgan fingerprint density at radius 1 is 1.35 bits per heavy atom. The molecule has 2 rings (SSSR count). The van der Waals surface area contributed by atoms with Gasteiger partial charge in [-0.25, -0.2) is 4.79 Å². The average molecular weight is 276 g/mol. The molecule has 3 unspecified atom stereocenters. The highest BCUT2D eigenvalue weighted by Crippen LogP contribution is 2.23. The predicted octanol–water partition coefficient (Wildman–Crippen LogP) is 2.60. The molecule has 1 fully saturated rings. The fraction of sp³-hybridized carbons (Fsp3) is 0.562. The number of aliphatic hydroxyl groups excluding tert-OH is 1. The predicted molar refractivity (Wildman–Crippen MR) is 79.4 cm³/mol. The second kappa shape index (κ2) is 7.29. The maximum atomic E-state index is 12.0. The molecule has 0 bridgehead atoms. The van der Waals surface area contributed by atoms with E-state index < -0.39 is 0 Å². The lowest BCUT2D eigenvalue weighted by atomic mass is 9.87. The van der Waals surface area contributed by atoms with Gasteiger partial charge in [0, 0.05) is 6.04 Å². The van der Waals surface area contributed by atoms with Crippen molar-refractivity contribution in [1.82, 2.24) is 10.6 Å². The van der Waals surface area contributed by atoms with E-state index in [1.807, 2.05) is 30.3 Å². The van der Waals surface area contributed by atoms with Crippen LogP contribution in [-0.4, -0.2) is 23.8 Å². The van der Waals surface area contributed by atoms with E-state index in [9.17, 15) is 9.90 Å². The molecule has 0 aliphatic heterocycles. The van der Waals surface area contributed by atoms with Crippen LogP contribution in [0, 0.1) is 5.92 Å². The number of urea groups is 1. The minimum absolute atomic E-state index is 0.0987. The SMILES string of the molecule is CC1CCCC(NC(=O)NC(CO)c2ccccc2)C1. The van der Waals surface area contributed by atoms with Crippen molar-refractivity contribution in [2.45, 2.75) is 44.7 Å². The summed E-state index contributed by atoms with van der Waals surface area (Å²) in [5.74, 6) is 0.678. The highest BCUT2D eigenvalue weighted by molar-refractivity contribution is 5.74. The number of carbonyl (C=O) groups is 1. The summed E-state index contributed by atoms with van der Waals surface area (Å²) in [5, 5.41) is 15.3. The number of amides is 2. The van der Waals surface area contributed by atoms with Gasteiger partial charge in [-0.1, -0.05) is 50.1 Å². The largest absolute Gasteiger partial charge is 0.394 e. The second-order valence-corrected chi connectivity index (χ2v) is 5.73. The first-order valence-corrected chi connectivity index (χ1v) is 7.42. The number of aliphatic hydroxyl groups is 1. The first kappa shape index (κ1) is 14.9. The van der Waals surface area contributed by atoms with Crippen LogP contribution in [0.1, 0.15) is 44.2 Å². The molecule has 1 aliphatic carbocycles. The molecule has 20 heavy (non-hydrogen) atoms. The average Bonchev–Trinajstić information content (AvgIpc) is 2.45. The molecule has 0 aromatic heterocycles. The molecule has 4 heteroatoms. The molecule has 0 saturated heterocycles. The zero-order chi connectivity index (χ0) is 14.4. The molecule has 3 N–H and O–H groups in total. The normalized spacial score (nSPS) is 23.9. The summed E-state index contributed by atoms with van der Waals surface area (Å²) >= 11 is 0. The van der Waals surface area contributed by atoms with Gasteiger partial charge in [-0.3, -0.25) is 0 Å². The molecule has 1 aliphatic rings. The molecular formula is C16H24N2O2. The smallest absolute Gasteiger partial charge is 0.315 e. The lowest BCUT2D eigenvalue weighted by molar-refractivity contribution is 0.208. The monoisotopic (exact) mass is 276 g/mol. The van der Waals surface area contributed by atoms with Gasteiger partial charge in [0.15, 0.2) is 0 Å². The van der Waals surface area contributed by atoms with Crippen LogP contribution < -0.4 is 10.6 Å². The number of nitrogens with one attached hydrogen (secondary N) is 2. The van der Waals surface area contributed by atoms with Crippen LogP contribution in [0.3, 0.4) is 0 Å². The second-order valence-electron chi connectivity index (χ2n) is 5.73. The molecule has 0 spiro atoms. The van der Waals surface area contributed by atoms with Gasteiger partial charge in [0.25, 0.3) is 0 Å².